The summed E-state index contributed by atoms with van der Waals surface area (Å²) in [4.78, 5) is 33.6. The lowest BCUT2D eigenvalue weighted by atomic mass is 10.1. The fourth-order valence-corrected chi connectivity index (χ4v) is 4.63. The van der Waals surface area contributed by atoms with E-state index in [1.807, 2.05) is 5.38 Å². The zero-order valence-corrected chi connectivity index (χ0v) is 17.2. The van der Waals surface area contributed by atoms with Crippen LogP contribution in [-0.4, -0.2) is 41.3 Å². The van der Waals surface area contributed by atoms with Gasteiger partial charge in [-0.15, -0.1) is 11.3 Å². The van der Waals surface area contributed by atoms with Crippen LogP contribution in [0.15, 0.2) is 23.6 Å². The predicted molar refractivity (Wildman–Crippen MR) is 112 cm³/mol. The Kier molecular flexibility index (Phi) is 5.94. The Hall–Kier alpha value is -1.96. The summed E-state index contributed by atoms with van der Waals surface area (Å²) in [5, 5.41) is 5.96. The largest absolute Gasteiger partial charge is 0.312 e. The molecule has 8 heteroatoms. The number of piperidine rings is 1. The van der Waals surface area contributed by atoms with Gasteiger partial charge in [-0.2, -0.15) is 0 Å². The van der Waals surface area contributed by atoms with Crippen LogP contribution in [0.4, 0.5) is 10.8 Å². The molecule has 1 aromatic heterocycles. The number of nitrogens with zero attached hydrogens (tertiary/aromatic N) is 3. The number of benzene rings is 1. The van der Waals surface area contributed by atoms with Crippen LogP contribution in [0.2, 0.25) is 5.02 Å². The SMILES string of the molecule is O=C(Nc1nc(CN2CCCCC2)cs1)c1ccc(Cl)cc1N1CCCC1=O. The van der Waals surface area contributed by atoms with Crippen LogP contribution in [-0.2, 0) is 11.3 Å². The first kappa shape index (κ1) is 19.4. The van der Waals surface area contributed by atoms with Gasteiger partial charge in [0.1, 0.15) is 0 Å². The highest BCUT2D eigenvalue weighted by molar-refractivity contribution is 7.14. The summed E-state index contributed by atoms with van der Waals surface area (Å²) in [7, 11) is 0. The number of likely N-dealkylation sites (tertiary alicyclic amines) is 1. The molecule has 0 bridgehead atoms. The molecule has 0 atom stereocenters. The minimum Gasteiger partial charge on any atom is -0.312 e. The molecule has 2 aromatic rings. The van der Waals surface area contributed by atoms with Gasteiger partial charge in [-0.25, -0.2) is 4.98 Å². The third kappa shape index (κ3) is 4.37. The van der Waals surface area contributed by atoms with Gasteiger partial charge in [-0.05, 0) is 50.6 Å². The maximum Gasteiger partial charge on any atom is 0.259 e. The topological polar surface area (TPSA) is 65.5 Å². The molecular weight excluding hydrogens is 396 g/mol. The second-order valence-electron chi connectivity index (χ2n) is 7.25. The van der Waals surface area contributed by atoms with Gasteiger partial charge in [0.2, 0.25) is 5.91 Å². The maximum absolute atomic E-state index is 12.9. The van der Waals surface area contributed by atoms with E-state index in [1.165, 1.54) is 30.6 Å². The Morgan fingerprint density at radius 2 is 2.00 bits per heavy atom. The molecule has 2 aliphatic heterocycles. The lowest BCUT2D eigenvalue weighted by molar-refractivity contribution is -0.117. The van der Waals surface area contributed by atoms with Crippen molar-refractivity contribution in [2.24, 2.45) is 0 Å². The van der Waals surface area contributed by atoms with E-state index in [9.17, 15) is 9.59 Å². The van der Waals surface area contributed by atoms with Crippen LogP contribution >= 0.6 is 22.9 Å². The number of anilines is 2. The Morgan fingerprint density at radius 1 is 1.18 bits per heavy atom. The first-order chi connectivity index (χ1) is 13.6. The number of aromatic nitrogens is 1. The molecule has 28 heavy (non-hydrogen) atoms. The van der Waals surface area contributed by atoms with Gasteiger partial charge in [0, 0.05) is 29.9 Å². The number of amides is 2. The van der Waals surface area contributed by atoms with Crippen molar-refractivity contribution in [3.8, 4) is 0 Å². The van der Waals surface area contributed by atoms with Gasteiger partial charge in [0.15, 0.2) is 5.13 Å². The molecule has 0 radical (unpaired) electrons. The smallest absolute Gasteiger partial charge is 0.259 e. The van der Waals surface area contributed by atoms with E-state index in [0.29, 0.717) is 34.4 Å². The summed E-state index contributed by atoms with van der Waals surface area (Å²) in [6.45, 7) is 3.64. The average Bonchev–Trinajstić information content (AvgIpc) is 3.31. The van der Waals surface area contributed by atoms with E-state index in [2.05, 4.69) is 15.2 Å². The highest BCUT2D eigenvalue weighted by atomic mass is 35.5. The average molecular weight is 419 g/mol. The number of nitrogens with one attached hydrogen (secondary N) is 1. The molecule has 1 N–H and O–H groups in total. The molecular formula is C20H23ClN4O2S. The summed E-state index contributed by atoms with van der Waals surface area (Å²) >= 11 is 7.55. The third-order valence-corrected chi connectivity index (χ3v) is 6.22. The first-order valence-corrected chi connectivity index (χ1v) is 10.9. The lowest BCUT2D eigenvalue weighted by Crippen LogP contribution is -2.29. The molecule has 2 saturated heterocycles. The van der Waals surface area contributed by atoms with E-state index >= 15 is 0 Å². The molecule has 2 fully saturated rings. The second-order valence-corrected chi connectivity index (χ2v) is 8.54. The summed E-state index contributed by atoms with van der Waals surface area (Å²) in [6.07, 6.45) is 5.07. The van der Waals surface area contributed by atoms with Crippen molar-refractivity contribution in [3.05, 3.63) is 39.9 Å². The van der Waals surface area contributed by atoms with Crippen LogP contribution in [0.3, 0.4) is 0 Å². The Balaban J connectivity index is 1.47. The van der Waals surface area contributed by atoms with Gasteiger partial charge in [0.25, 0.3) is 5.91 Å². The zero-order valence-electron chi connectivity index (χ0n) is 15.6. The molecule has 6 nitrogen and oxygen atoms in total. The third-order valence-electron chi connectivity index (χ3n) is 5.18. The molecule has 2 amide bonds. The number of halogens is 1. The van der Waals surface area contributed by atoms with Crippen LogP contribution in [0.25, 0.3) is 0 Å². The van der Waals surface area contributed by atoms with Crippen molar-refractivity contribution in [1.29, 1.82) is 0 Å². The van der Waals surface area contributed by atoms with E-state index in [4.69, 9.17) is 11.6 Å². The minimum absolute atomic E-state index is 0.0226. The predicted octanol–water partition coefficient (Wildman–Crippen LogP) is 4.16. The quantitative estimate of drug-likeness (QED) is 0.791. The normalized spacial score (nSPS) is 17.9. The van der Waals surface area contributed by atoms with E-state index < -0.39 is 0 Å². The number of hydrogen-bond acceptors (Lipinski definition) is 5. The van der Waals surface area contributed by atoms with Crippen molar-refractivity contribution in [2.75, 3.05) is 29.9 Å². The summed E-state index contributed by atoms with van der Waals surface area (Å²) in [6, 6.07) is 5.02. The van der Waals surface area contributed by atoms with E-state index in [1.54, 1.807) is 23.1 Å². The van der Waals surface area contributed by atoms with Crippen LogP contribution in [0.1, 0.15) is 48.2 Å². The molecule has 0 spiro atoms. The summed E-state index contributed by atoms with van der Waals surface area (Å²) in [5.74, 6) is -0.250. The van der Waals surface area contributed by atoms with Gasteiger partial charge in [-0.1, -0.05) is 18.0 Å². The molecule has 1 aromatic carbocycles. The number of thiazole rings is 1. The van der Waals surface area contributed by atoms with Crippen LogP contribution in [0, 0.1) is 0 Å². The molecule has 0 unspecified atom stereocenters. The monoisotopic (exact) mass is 418 g/mol. The Morgan fingerprint density at radius 3 is 2.75 bits per heavy atom. The second kappa shape index (κ2) is 8.59. The van der Waals surface area contributed by atoms with Crippen molar-refractivity contribution < 1.29 is 9.59 Å². The number of rotatable bonds is 5. The van der Waals surface area contributed by atoms with Crippen LogP contribution in [0.5, 0.6) is 0 Å². The Labute approximate surface area is 173 Å². The van der Waals surface area contributed by atoms with Gasteiger partial charge in [0.05, 0.1) is 16.9 Å². The summed E-state index contributed by atoms with van der Waals surface area (Å²) < 4.78 is 0. The van der Waals surface area contributed by atoms with Gasteiger partial charge < -0.3 is 4.90 Å². The molecule has 3 heterocycles. The lowest BCUT2D eigenvalue weighted by Gasteiger charge is -2.25. The van der Waals surface area contributed by atoms with Crippen LogP contribution < -0.4 is 10.2 Å². The standard InChI is InChI=1S/C20H23ClN4O2S/c21-14-6-7-16(17(11-14)25-10-4-5-18(25)26)19(27)23-20-22-15(13-28-20)12-24-8-2-1-3-9-24/h6-7,11,13H,1-5,8-10,12H2,(H,22,23,27). The highest BCUT2D eigenvalue weighted by Crippen LogP contribution is 2.30. The zero-order chi connectivity index (χ0) is 19.5. The van der Waals surface area contributed by atoms with Gasteiger partial charge >= 0.3 is 0 Å². The maximum atomic E-state index is 12.9. The molecule has 0 aliphatic carbocycles. The summed E-state index contributed by atoms with van der Waals surface area (Å²) in [5.41, 5.74) is 1.98. The molecule has 2 aliphatic rings. The molecule has 4 rings (SSSR count). The van der Waals surface area contributed by atoms with Crippen molar-refractivity contribution in [3.63, 3.8) is 0 Å². The van der Waals surface area contributed by atoms with Gasteiger partial charge in [-0.3, -0.25) is 19.8 Å². The minimum atomic E-state index is -0.273. The number of hydrogen-bond donors (Lipinski definition) is 1. The van der Waals surface area contributed by atoms with Crippen molar-refractivity contribution in [1.82, 2.24) is 9.88 Å². The Bertz CT molecular complexity index is 879. The fraction of sp³-hybridized carbons (Fsp3) is 0.450. The number of carbonyl (C=O) groups is 2. The van der Waals surface area contributed by atoms with Crippen molar-refractivity contribution >= 4 is 45.6 Å². The van der Waals surface area contributed by atoms with E-state index in [0.717, 1.165) is 31.7 Å². The first-order valence-electron chi connectivity index (χ1n) is 9.68. The molecule has 0 saturated carbocycles. The number of carbonyl (C=O) groups excluding carboxylic acids is 2. The van der Waals surface area contributed by atoms with E-state index in [-0.39, 0.29) is 11.8 Å². The fourth-order valence-electron chi connectivity index (χ4n) is 3.77. The highest BCUT2D eigenvalue weighted by Gasteiger charge is 2.26. The van der Waals surface area contributed by atoms with Crippen molar-refractivity contribution in [2.45, 2.75) is 38.6 Å². The molecule has 148 valence electrons.